The molecule has 0 spiro atoms. The summed E-state index contributed by atoms with van der Waals surface area (Å²) in [6.07, 6.45) is -2.43. The minimum absolute atomic E-state index is 0.0681. The lowest BCUT2D eigenvalue weighted by Crippen LogP contribution is -2.31. The second-order valence-electron chi connectivity index (χ2n) is 4.79. The molecular weight excluding hydrogens is 353 g/mol. The Balaban J connectivity index is 1.83. The summed E-state index contributed by atoms with van der Waals surface area (Å²) in [4.78, 5) is 11.5. The van der Waals surface area contributed by atoms with Gasteiger partial charge in [0, 0.05) is 12.2 Å². The number of ether oxygens (including phenoxy) is 1. The molecule has 8 heteroatoms. The first-order valence-corrected chi connectivity index (χ1v) is 7.18. The molecule has 1 aromatic rings. The summed E-state index contributed by atoms with van der Waals surface area (Å²) in [5.41, 5.74) is 0.526. The Hall–Kier alpha value is -1.44. The second-order valence-corrected chi connectivity index (χ2v) is 5.65. The minimum atomic E-state index is -4.74. The number of anilines is 1. The van der Waals surface area contributed by atoms with Gasteiger partial charge in [-0.25, -0.2) is 0 Å². The predicted molar refractivity (Wildman–Crippen MR) is 75.0 cm³/mol. The largest absolute Gasteiger partial charge is 0.573 e. The van der Waals surface area contributed by atoms with E-state index < -0.39 is 6.36 Å². The van der Waals surface area contributed by atoms with Gasteiger partial charge in [-0.15, -0.1) is 13.2 Å². The highest BCUT2D eigenvalue weighted by molar-refractivity contribution is 9.10. The molecule has 0 radical (unpaired) electrons. The zero-order valence-corrected chi connectivity index (χ0v) is 12.6. The van der Waals surface area contributed by atoms with Gasteiger partial charge in [-0.05, 0) is 52.9 Å². The molecule has 1 fully saturated rings. The van der Waals surface area contributed by atoms with Crippen LogP contribution in [-0.2, 0) is 4.79 Å². The highest BCUT2D eigenvalue weighted by atomic mass is 79.9. The Kier molecular flexibility index (Phi) is 4.97. The molecule has 1 aliphatic carbocycles. The van der Waals surface area contributed by atoms with E-state index in [4.69, 9.17) is 0 Å². The summed E-state index contributed by atoms with van der Waals surface area (Å²) >= 11 is 3.00. The third-order valence-electron chi connectivity index (χ3n) is 2.90. The minimum Gasteiger partial charge on any atom is -0.405 e. The topological polar surface area (TPSA) is 50.4 Å². The fourth-order valence-electron chi connectivity index (χ4n) is 1.64. The van der Waals surface area contributed by atoms with Gasteiger partial charge in [-0.2, -0.15) is 0 Å². The Morgan fingerprint density at radius 1 is 1.38 bits per heavy atom. The lowest BCUT2D eigenvalue weighted by atomic mass is 10.3. The van der Waals surface area contributed by atoms with Crippen LogP contribution in [-0.4, -0.2) is 25.4 Å². The van der Waals surface area contributed by atoms with Crippen molar-refractivity contribution in [2.75, 3.05) is 18.4 Å². The molecule has 2 N–H and O–H groups in total. The number of rotatable bonds is 6. The molecule has 1 saturated carbocycles. The van der Waals surface area contributed by atoms with Crippen molar-refractivity contribution in [2.24, 2.45) is 5.92 Å². The quantitative estimate of drug-likeness (QED) is 0.812. The van der Waals surface area contributed by atoms with E-state index in [2.05, 4.69) is 31.3 Å². The molecule has 0 aliphatic heterocycles. The van der Waals surface area contributed by atoms with Gasteiger partial charge in [0.05, 0.1) is 11.0 Å². The summed E-state index contributed by atoms with van der Waals surface area (Å²) < 4.78 is 40.3. The molecule has 2 rings (SSSR count). The number of benzene rings is 1. The van der Waals surface area contributed by atoms with Crippen LogP contribution in [0.5, 0.6) is 5.75 Å². The van der Waals surface area contributed by atoms with Crippen LogP contribution in [0.15, 0.2) is 22.7 Å². The van der Waals surface area contributed by atoms with Gasteiger partial charge in [0.15, 0.2) is 0 Å². The van der Waals surface area contributed by atoms with Gasteiger partial charge in [-0.3, -0.25) is 4.79 Å². The van der Waals surface area contributed by atoms with Crippen molar-refractivity contribution in [1.29, 1.82) is 0 Å². The van der Waals surface area contributed by atoms with E-state index in [1.807, 2.05) is 0 Å². The first kappa shape index (κ1) is 15.9. The second kappa shape index (κ2) is 6.55. The van der Waals surface area contributed by atoms with Crippen LogP contribution in [0, 0.1) is 5.92 Å². The average Bonchev–Trinajstić information content (AvgIpc) is 3.19. The summed E-state index contributed by atoms with van der Waals surface area (Å²) in [6, 6.07) is 4.03. The van der Waals surface area contributed by atoms with Crippen LogP contribution >= 0.6 is 15.9 Å². The fourth-order valence-corrected chi connectivity index (χ4v) is 2.10. The third-order valence-corrected chi connectivity index (χ3v) is 3.52. The maximum Gasteiger partial charge on any atom is 0.573 e. The monoisotopic (exact) mass is 366 g/mol. The van der Waals surface area contributed by atoms with Crippen molar-refractivity contribution in [1.82, 2.24) is 5.32 Å². The maximum atomic E-state index is 12.1. The van der Waals surface area contributed by atoms with Gasteiger partial charge in [0.2, 0.25) is 5.91 Å². The summed E-state index contributed by atoms with van der Waals surface area (Å²) in [5, 5.41) is 5.63. The zero-order chi connectivity index (χ0) is 15.5. The van der Waals surface area contributed by atoms with Gasteiger partial charge in [0.25, 0.3) is 0 Å². The third kappa shape index (κ3) is 5.82. The lowest BCUT2D eigenvalue weighted by molar-refractivity contribution is -0.274. The zero-order valence-electron chi connectivity index (χ0n) is 11.0. The molecule has 0 bridgehead atoms. The number of hydrogen-bond donors (Lipinski definition) is 2. The Morgan fingerprint density at radius 2 is 2.10 bits per heavy atom. The lowest BCUT2D eigenvalue weighted by Gasteiger charge is -2.12. The average molecular weight is 367 g/mol. The number of carbonyl (C=O) groups excluding carboxylic acids is 1. The van der Waals surface area contributed by atoms with E-state index in [1.165, 1.54) is 18.2 Å². The number of nitrogens with one attached hydrogen (secondary N) is 2. The summed E-state index contributed by atoms with van der Waals surface area (Å²) in [7, 11) is 0. The molecule has 21 heavy (non-hydrogen) atoms. The standard InChI is InChI=1S/C13H14BrF3N2O2/c14-10-5-9(3-4-11(10)21-13(15,16)17)18-7-12(20)19-6-8-1-2-8/h3-5,8,18H,1-2,6-7H2,(H,19,20). The smallest absolute Gasteiger partial charge is 0.405 e. The molecule has 1 aromatic carbocycles. The van der Waals surface area contributed by atoms with Crippen molar-refractivity contribution in [3.8, 4) is 5.75 Å². The number of amides is 1. The number of alkyl halides is 3. The van der Waals surface area contributed by atoms with E-state index in [0.29, 0.717) is 18.2 Å². The molecule has 0 unspecified atom stereocenters. The molecule has 0 atom stereocenters. The maximum absolute atomic E-state index is 12.1. The number of hydrogen-bond acceptors (Lipinski definition) is 3. The van der Waals surface area contributed by atoms with Crippen LogP contribution in [0.3, 0.4) is 0 Å². The van der Waals surface area contributed by atoms with Crippen LogP contribution in [0.2, 0.25) is 0 Å². The Labute approximate surface area is 128 Å². The van der Waals surface area contributed by atoms with Gasteiger partial charge in [0.1, 0.15) is 5.75 Å². The predicted octanol–water partition coefficient (Wildman–Crippen LogP) is 3.29. The highest BCUT2D eigenvalue weighted by Crippen LogP contribution is 2.32. The van der Waals surface area contributed by atoms with E-state index in [1.54, 1.807) is 0 Å². The summed E-state index contributed by atoms with van der Waals surface area (Å²) in [6.45, 7) is 0.751. The van der Waals surface area contributed by atoms with Crippen molar-refractivity contribution in [2.45, 2.75) is 19.2 Å². The highest BCUT2D eigenvalue weighted by Gasteiger charge is 2.31. The number of carbonyl (C=O) groups is 1. The molecule has 0 heterocycles. The molecule has 0 aromatic heterocycles. The van der Waals surface area contributed by atoms with Gasteiger partial charge < -0.3 is 15.4 Å². The number of halogens is 4. The first-order valence-electron chi connectivity index (χ1n) is 6.39. The van der Waals surface area contributed by atoms with Crippen molar-refractivity contribution < 1.29 is 22.7 Å². The van der Waals surface area contributed by atoms with Crippen molar-refractivity contribution in [3.63, 3.8) is 0 Å². The Morgan fingerprint density at radius 3 is 2.67 bits per heavy atom. The molecule has 116 valence electrons. The SMILES string of the molecule is O=C(CNc1ccc(OC(F)(F)F)c(Br)c1)NCC1CC1. The fraction of sp³-hybridized carbons (Fsp3) is 0.462. The van der Waals surface area contributed by atoms with Gasteiger partial charge >= 0.3 is 6.36 Å². The van der Waals surface area contributed by atoms with E-state index in [0.717, 1.165) is 12.8 Å². The molecule has 4 nitrogen and oxygen atoms in total. The van der Waals surface area contributed by atoms with Crippen molar-refractivity contribution in [3.05, 3.63) is 22.7 Å². The first-order chi connectivity index (χ1) is 9.83. The molecule has 1 aliphatic rings. The molecular formula is C13H14BrF3N2O2. The van der Waals surface area contributed by atoms with E-state index in [9.17, 15) is 18.0 Å². The summed E-state index contributed by atoms with van der Waals surface area (Å²) in [5.74, 6) is 0.127. The van der Waals surface area contributed by atoms with Crippen LogP contribution in [0.4, 0.5) is 18.9 Å². The molecule has 1 amide bonds. The normalized spacial score (nSPS) is 14.7. The Bertz CT molecular complexity index is 519. The van der Waals surface area contributed by atoms with Crippen LogP contribution in [0.1, 0.15) is 12.8 Å². The molecule has 0 saturated heterocycles. The van der Waals surface area contributed by atoms with E-state index in [-0.39, 0.29) is 22.7 Å². The van der Waals surface area contributed by atoms with Crippen LogP contribution in [0.25, 0.3) is 0 Å². The van der Waals surface area contributed by atoms with Crippen LogP contribution < -0.4 is 15.4 Å². The van der Waals surface area contributed by atoms with Gasteiger partial charge in [-0.1, -0.05) is 0 Å². The van der Waals surface area contributed by atoms with Crippen molar-refractivity contribution >= 4 is 27.5 Å². The van der Waals surface area contributed by atoms with E-state index >= 15 is 0 Å².